The molecule has 1 aromatic heterocycles. The number of likely N-dealkylation sites (tertiary alicyclic amines) is 2. The van der Waals surface area contributed by atoms with E-state index in [-0.39, 0.29) is 0 Å². The van der Waals surface area contributed by atoms with Crippen molar-refractivity contribution >= 4 is 0 Å². The van der Waals surface area contributed by atoms with Crippen molar-refractivity contribution in [1.29, 1.82) is 0 Å². The zero-order valence-electron chi connectivity index (χ0n) is 14.7. The third kappa shape index (κ3) is 4.02. The molecule has 2 atom stereocenters. The molecule has 0 saturated carbocycles. The SMILES string of the molecule is c1cc(CN2CC[C@@H]3OCCN(CCN4CCCC4)[C@H]3CC2)co1. The average molecular weight is 333 g/mol. The monoisotopic (exact) mass is 333 g/mol. The van der Waals surface area contributed by atoms with Crippen LogP contribution >= 0.6 is 0 Å². The molecule has 0 aliphatic carbocycles. The zero-order chi connectivity index (χ0) is 16.2. The van der Waals surface area contributed by atoms with E-state index in [4.69, 9.17) is 9.15 Å². The summed E-state index contributed by atoms with van der Waals surface area (Å²) >= 11 is 0. The Morgan fingerprint density at radius 2 is 1.83 bits per heavy atom. The second kappa shape index (κ2) is 8.00. The Hall–Kier alpha value is -0.880. The molecule has 5 heteroatoms. The van der Waals surface area contributed by atoms with Crippen molar-refractivity contribution in [3.8, 4) is 0 Å². The van der Waals surface area contributed by atoms with Crippen LogP contribution in [-0.4, -0.2) is 79.3 Å². The van der Waals surface area contributed by atoms with Crippen LogP contribution in [0.15, 0.2) is 23.0 Å². The fraction of sp³-hybridized carbons (Fsp3) is 0.789. The molecule has 3 aliphatic rings. The quantitative estimate of drug-likeness (QED) is 0.823. The zero-order valence-corrected chi connectivity index (χ0v) is 14.7. The van der Waals surface area contributed by atoms with Crippen LogP contribution in [-0.2, 0) is 11.3 Å². The van der Waals surface area contributed by atoms with E-state index < -0.39 is 0 Å². The number of ether oxygens (including phenoxy) is 1. The molecular formula is C19H31N3O2. The van der Waals surface area contributed by atoms with Crippen LogP contribution < -0.4 is 0 Å². The lowest BCUT2D eigenvalue weighted by atomic mass is 10.0. The number of hydrogen-bond donors (Lipinski definition) is 0. The average Bonchev–Trinajstić information content (AvgIpc) is 3.26. The highest BCUT2D eigenvalue weighted by Gasteiger charge is 2.34. The molecule has 0 N–H and O–H groups in total. The highest BCUT2D eigenvalue weighted by atomic mass is 16.5. The summed E-state index contributed by atoms with van der Waals surface area (Å²) in [6.45, 7) is 10.4. The van der Waals surface area contributed by atoms with E-state index in [9.17, 15) is 0 Å². The van der Waals surface area contributed by atoms with E-state index in [0.29, 0.717) is 12.1 Å². The van der Waals surface area contributed by atoms with Crippen molar-refractivity contribution in [1.82, 2.24) is 14.7 Å². The Balaban J connectivity index is 1.31. The van der Waals surface area contributed by atoms with Gasteiger partial charge >= 0.3 is 0 Å². The molecule has 24 heavy (non-hydrogen) atoms. The van der Waals surface area contributed by atoms with Gasteiger partial charge in [0.25, 0.3) is 0 Å². The summed E-state index contributed by atoms with van der Waals surface area (Å²) in [5.74, 6) is 0. The van der Waals surface area contributed by atoms with Crippen molar-refractivity contribution in [2.24, 2.45) is 0 Å². The standard InChI is InChI=1S/C19H31N3O2/c1-2-7-20(6-1)10-11-22-12-14-24-19-4-9-21(8-3-18(19)22)15-17-5-13-23-16-17/h5,13,16,18-19H,1-4,6-12,14-15H2/t18-,19-/m0/s1. The Labute approximate surface area is 145 Å². The van der Waals surface area contributed by atoms with Gasteiger partial charge in [0.1, 0.15) is 0 Å². The number of furan rings is 1. The Morgan fingerprint density at radius 3 is 2.67 bits per heavy atom. The smallest absolute Gasteiger partial charge is 0.0947 e. The lowest BCUT2D eigenvalue weighted by Crippen LogP contribution is -2.52. The van der Waals surface area contributed by atoms with Crippen molar-refractivity contribution in [2.45, 2.75) is 44.4 Å². The van der Waals surface area contributed by atoms with Crippen LogP contribution in [0.3, 0.4) is 0 Å². The third-order valence-electron chi connectivity index (χ3n) is 5.97. The summed E-state index contributed by atoms with van der Waals surface area (Å²) in [4.78, 5) is 7.91. The molecule has 1 aromatic rings. The molecule has 4 rings (SSSR count). The molecule has 3 aliphatic heterocycles. The van der Waals surface area contributed by atoms with Crippen molar-refractivity contribution < 1.29 is 9.15 Å². The molecule has 0 bridgehead atoms. The van der Waals surface area contributed by atoms with Gasteiger partial charge in [-0.15, -0.1) is 0 Å². The molecule has 0 aromatic carbocycles. The Kier molecular flexibility index (Phi) is 5.53. The Bertz CT molecular complexity index is 487. The maximum absolute atomic E-state index is 6.15. The molecule has 0 spiro atoms. The molecule has 0 amide bonds. The highest BCUT2D eigenvalue weighted by molar-refractivity contribution is 5.05. The number of hydrogen-bond acceptors (Lipinski definition) is 5. The number of morpholine rings is 1. The summed E-state index contributed by atoms with van der Waals surface area (Å²) in [7, 11) is 0. The maximum atomic E-state index is 6.15. The predicted octanol–water partition coefficient (Wildman–Crippen LogP) is 2.04. The fourth-order valence-electron chi connectivity index (χ4n) is 4.57. The summed E-state index contributed by atoms with van der Waals surface area (Å²) in [6, 6.07) is 2.69. The number of nitrogens with zero attached hydrogens (tertiary/aromatic N) is 3. The van der Waals surface area contributed by atoms with E-state index in [1.54, 1.807) is 6.26 Å². The van der Waals surface area contributed by atoms with E-state index in [1.807, 2.05) is 6.26 Å². The van der Waals surface area contributed by atoms with Gasteiger partial charge in [0.05, 0.1) is 25.2 Å². The second-order valence-corrected chi connectivity index (χ2v) is 7.55. The molecule has 3 saturated heterocycles. The van der Waals surface area contributed by atoms with Crippen molar-refractivity contribution in [3.63, 3.8) is 0 Å². The number of rotatable bonds is 5. The molecule has 3 fully saturated rings. The molecule has 0 unspecified atom stereocenters. The minimum Gasteiger partial charge on any atom is -0.472 e. The second-order valence-electron chi connectivity index (χ2n) is 7.55. The van der Waals surface area contributed by atoms with Crippen molar-refractivity contribution in [3.05, 3.63) is 24.2 Å². The summed E-state index contributed by atoms with van der Waals surface area (Å²) < 4.78 is 11.4. The first-order chi connectivity index (χ1) is 11.9. The minimum atomic E-state index is 0.423. The van der Waals surface area contributed by atoms with Gasteiger partial charge in [-0.2, -0.15) is 0 Å². The highest BCUT2D eigenvalue weighted by Crippen LogP contribution is 2.24. The molecule has 0 radical (unpaired) electrons. The van der Waals surface area contributed by atoms with E-state index in [2.05, 4.69) is 20.8 Å². The van der Waals surface area contributed by atoms with Gasteiger partial charge < -0.3 is 14.1 Å². The van der Waals surface area contributed by atoms with Gasteiger partial charge in [-0.25, -0.2) is 0 Å². The normalized spacial score (nSPS) is 30.3. The summed E-state index contributed by atoms with van der Waals surface area (Å²) in [5, 5.41) is 0. The summed E-state index contributed by atoms with van der Waals surface area (Å²) in [6.07, 6.45) is 9.22. The van der Waals surface area contributed by atoms with Gasteiger partial charge in [-0.3, -0.25) is 9.80 Å². The van der Waals surface area contributed by atoms with Crippen LogP contribution in [0, 0.1) is 0 Å². The van der Waals surface area contributed by atoms with Crippen LogP contribution in [0.1, 0.15) is 31.2 Å². The predicted molar refractivity (Wildman–Crippen MR) is 94.0 cm³/mol. The van der Waals surface area contributed by atoms with Gasteiger partial charge in [-0.1, -0.05) is 0 Å². The van der Waals surface area contributed by atoms with Crippen LogP contribution in [0.25, 0.3) is 0 Å². The first-order valence-corrected chi connectivity index (χ1v) is 9.70. The van der Waals surface area contributed by atoms with Crippen LogP contribution in [0.2, 0.25) is 0 Å². The van der Waals surface area contributed by atoms with Gasteiger partial charge in [0.2, 0.25) is 0 Å². The lowest BCUT2D eigenvalue weighted by molar-refractivity contribution is -0.0728. The maximum Gasteiger partial charge on any atom is 0.0947 e. The van der Waals surface area contributed by atoms with Gasteiger partial charge in [-0.05, 0) is 44.8 Å². The summed E-state index contributed by atoms with van der Waals surface area (Å²) in [5.41, 5.74) is 1.28. The first kappa shape index (κ1) is 16.6. The first-order valence-electron chi connectivity index (χ1n) is 9.70. The molecular weight excluding hydrogens is 302 g/mol. The molecule has 5 nitrogen and oxygen atoms in total. The van der Waals surface area contributed by atoms with E-state index >= 15 is 0 Å². The Morgan fingerprint density at radius 1 is 0.958 bits per heavy atom. The molecule has 4 heterocycles. The molecule has 134 valence electrons. The van der Waals surface area contributed by atoms with Crippen LogP contribution in [0.5, 0.6) is 0 Å². The van der Waals surface area contributed by atoms with E-state index in [1.165, 1.54) is 51.0 Å². The minimum absolute atomic E-state index is 0.423. The van der Waals surface area contributed by atoms with E-state index in [0.717, 1.165) is 39.2 Å². The topological polar surface area (TPSA) is 32.1 Å². The number of fused-ring (bicyclic) bond motifs is 1. The van der Waals surface area contributed by atoms with Crippen LogP contribution in [0.4, 0.5) is 0 Å². The van der Waals surface area contributed by atoms with Gasteiger partial charge in [0, 0.05) is 50.9 Å². The largest absolute Gasteiger partial charge is 0.472 e. The fourth-order valence-corrected chi connectivity index (χ4v) is 4.57. The third-order valence-corrected chi connectivity index (χ3v) is 5.97. The van der Waals surface area contributed by atoms with Crippen molar-refractivity contribution in [2.75, 3.05) is 52.4 Å². The lowest BCUT2D eigenvalue weighted by Gasteiger charge is -2.41. The van der Waals surface area contributed by atoms with Gasteiger partial charge in [0.15, 0.2) is 0 Å².